The van der Waals surface area contributed by atoms with Crippen LogP contribution in [0.3, 0.4) is 0 Å². The molecule has 0 bridgehead atoms. The minimum absolute atomic E-state index is 0.00146. The van der Waals surface area contributed by atoms with Crippen molar-refractivity contribution in [2.45, 2.75) is 278 Å². The van der Waals surface area contributed by atoms with Gasteiger partial charge >= 0.3 is 163 Å². The van der Waals surface area contributed by atoms with Crippen LogP contribution in [0.5, 0.6) is 0 Å². The molecule has 0 saturated carbocycles. The van der Waals surface area contributed by atoms with Crippen molar-refractivity contribution in [2.75, 3.05) is 0 Å². The van der Waals surface area contributed by atoms with Crippen molar-refractivity contribution in [3.63, 3.8) is 0 Å². The second-order valence-corrected chi connectivity index (χ2v) is 30.6. The quantitative estimate of drug-likeness (QED) is 0.0272. The maximum Gasteiger partial charge on any atom is 0.0678 e. The third-order valence-electron chi connectivity index (χ3n) is 13.7. The van der Waals surface area contributed by atoms with Crippen molar-refractivity contribution < 1.29 is 79.2 Å². The second kappa shape index (κ2) is 69.6. The van der Waals surface area contributed by atoms with Gasteiger partial charge in [0.1, 0.15) is 0 Å². The van der Waals surface area contributed by atoms with Crippen LogP contribution in [0.25, 0.3) is 0 Å². The number of carboxylic acids is 8. The van der Waals surface area contributed by atoms with Crippen LogP contribution in [0, 0.1) is 0 Å². The van der Waals surface area contributed by atoms with E-state index in [2.05, 4.69) is 41.5 Å². The first kappa shape index (κ1) is 91.2. The summed E-state index contributed by atoms with van der Waals surface area (Å²) in [6, 6.07) is 17.3. The molecule has 0 aromatic heterocycles. The van der Waals surface area contributed by atoms with Gasteiger partial charge in [-0.05, 0) is 73.0 Å². The van der Waals surface area contributed by atoms with Crippen molar-refractivity contribution in [2.24, 2.45) is 0 Å². The molecule has 18 heteroatoms. The van der Waals surface area contributed by atoms with E-state index in [1.165, 1.54) is 154 Å². The molecule has 0 fully saturated rings. The topological polar surface area (TPSA) is 310 Å². The first-order valence-corrected chi connectivity index (χ1v) is 41.3. The van der Waals surface area contributed by atoms with Gasteiger partial charge in [-0.2, -0.15) is 0 Å². The summed E-state index contributed by atoms with van der Waals surface area (Å²) in [5, 5.41) is 76.4. The van der Waals surface area contributed by atoms with E-state index in [9.17, 15) is 58.8 Å². The van der Waals surface area contributed by atoms with Crippen LogP contribution in [-0.4, -0.2) is 110 Å². The zero-order valence-corrected chi connectivity index (χ0v) is 61.3. The van der Waals surface area contributed by atoms with Crippen LogP contribution in [0.2, 0.25) is 17.7 Å². The van der Waals surface area contributed by atoms with Crippen LogP contribution in [-0.2, 0) is 51.2 Å². The average molecular weight is 1470 g/mol. The Kier molecular flexibility index (Phi) is 70.5. The minimum atomic E-state index is -1.54. The van der Waals surface area contributed by atoms with Crippen LogP contribution < -0.4 is 20.4 Å². The first-order chi connectivity index (χ1) is 43.2. The predicted molar refractivity (Wildman–Crippen MR) is 356 cm³/mol. The Bertz CT molecular complexity index is 2090. The van der Waals surface area contributed by atoms with E-state index in [1.54, 1.807) is 78.4 Å². The number of unbranched alkanes of at least 4 members (excludes halogenated alkanes) is 24. The summed E-state index contributed by atoms with van der Waals surface area (Å²) in [6.07, 6.45) is 41.5. The maximum atomic E-state index is 10.8. The third-order valence-corrected chi connectivity index (χ3v) is 21.7. The standard InChI is InChI=1S/2C17H30O4.2C11H10O4.4C4H9.2Sn/c2*1-2-3-4-5-6-7-8-9-10-11-12-13-15(17(20)21)14-16(18)19;2*12-10(13)7-9(11(14)15)6-8-4-2-1-3-5-8;4*1-3-4-2;;/h2*14H,2-13H2,1H3,(H,18,19)(H,20,21);2*1-5,7H,6H2,(H,12,13)(H,14,15);4*1,3-4H2,2H3;;/q;;;;;;;;2*+2/p-4. The van der Waals surface area contributed by atoms with E-state index >= 15 is 0 Å². The van der Waals surface area contributed by atoms with Gasteiger partial charge in [0, 0.05) is 23.3 Å². The Hall–Kier alpha value is -5.24. The van der Waals surface area contributed by atoms with E-state index in [4.69, 9.17) is 20.4 Å². The van der Waals surface area contributed by atoms with Crippen LogP contribution in [0.15, 0.2) is 107 Å². The van der Waals surface area contributed by atoms with Gasteiger partial charge in [-0.3, -0.25) is 0 Å². The molecule has 0 atom stereocenters. The summed E-state index contributed by atoms with van der Waals surface area (Å²) in [4.78, 5) is 84.2. The van der Waals surface area contributed by atoms with Crippen LogP contribution in [0.4, 0.5) is 0 Å². The Morgan fingerprint density at radius 2 is 0.556 bits per heavy atom. The molecule has 0 spiro atoms. The number of carbonyl (C=O) groups is 8. The fourth-order valence-corrected chi connectivity index (χ4v) is 16.8. The Morgan fingerprint density at radius 3 is 0.756 bits per heavy atom. The van der Waals surface area contributed by atoms with Gasteiger partial charge in [0.15, 0.2) is 0 Å². The normalized spacial score (nSPS) is 10.9. The zero-order valence-electron chi connectivity index (χ0n) is 55.6. The van der Waals surface area contributed by atoms with Crippen LogP contribution in [0.1, 0.15) is 258 Å². The van der Waals surface area contributed by atoms with Crippen molar-refractivity contribution >= 4 is 90.0 Å². The van der Waals surface area contributed by atoms with Crippen molar-refractivity contribution in [3.8, 4) is 0 Å². The molecule has 2 aromatic rings. The number of benzene rings is 2. The van der Waals surface area contributed by atoms with Gasteiger partial charge in [0.2, 0.25) is 0 Å². The molecule has 0 aliphatic carbocycles. The largest absolute Gasteiger partial charge is 0.545 e. The fourth-order valence-electron chi connectivity index (χ4n) is 8.48. The molecule has 2 aromatic carbocycles. The van der Waals surface area contributed by atoms with E-state index in [0.29, 0.717) is 36.1 Å². The summed E-state index contributed by atoms with van der Waals surface area (Å²) in [5.41, 5.74) is 0.794. The molecule has 2 rings (SSSR count). The molecule has 4 N–H and O–H groups in total. The molecule has 504 valence electrons. The summed E-state index contributed by atoms with van der Waals surface area (Å²) >= 11 is 0.299. The predicted octanol–water partition coefficient (Wildman–Crippen LogP) is 13.1. The molecule has 0 aliphatic rings. The van der Waals surface area contributed by atoms with E-state index in [-0.39, 0.29) is 77.4 Å². The summed E-state index contributed by atoms with van der Waals surface area (Å²) < 4.78 is 6.50. The van der Waals surface area contributed by atoms with Crippen molar-refractivity contribution in [3.05, 3.63) is 118 Å². The molecule has 0 unspecified atom stereocenters. The van der Waals surface area contributed by atoms with Gasteiger partial charge in [0.25, 0.3) is 0 Å². The number of carbonyl (C=O) groups excluding carboxylic acids is 4. The Balaban J connectivity index is -0.000000506. The molecule has 0 saturated heterocycles. The number of hydrogen-bond donors (Lipinski definition) is 4. The average Bonchev–Trinajstić information content (AvgIpc) is 3.63. The Labute approximate surface area is 561 Å². The molecule has 0 heterocycles. The van der Waals surface area contributed by atoms with Gasteiger partial charge in [-0.15, -0.1) is 0 Å². The fraction of sp³-hybridized carbons (Fsp3) is 0.611. The van der Waals surface area contributed by atoms with Crippen LogP contribution >= 0.6 is 0 Å². The van der Waals surface area contributed by atoms with Gasteiger partial charge < -0.3 is 60.0 Å². The zero-order chi connectivity index (χ0) is 68.3. The van der Waals surface area contributed by atoms with Gasteiger partial charge in [0.05, 0.1) is 23.9 Å². The number of aliphatic carboxylic acids is 8. The molecule has 0 radical (unpaired) electrons. The molecule has 0 aliphatic heterocycles. The number of hydrogen-bond acceptors (Lipinski definition) is 12. The maximum absolute atomic E-state index is 10.8. The van der Waals surface area contributed by atoms with E-state index in [1.807, 2.05) is 0 Å². The van der Waals surface area contributed by atoms with E-state index in [0.717, 1.165) is 50.7 Å². The number of carboxylic acid groups (broad SMARTS) is 8. The smallest absolute Gasteiger partial charge is 0.0678 e. The third kappa shape index (κ3) is 70.2. The molecule has 0 amide bonds. The number of rotatable bonds is 48. The molecular weight excluding hydrogens is 1360 g/mol. The first-order valence-electron chi connectivity index (χ1n) is 33.3. The van der Waals surface area contributed by atoms with Gasteiger partial charge in [-0.25, -0.2) is 19.2 Å². The summed E-state index contributed by atoms with van der Waals surface area (Å²) in [6.45, 7) is 13.6. The van der Waals surface area contributed by atoms with Crippen molar-refractivity contribution in [1.82, 2.24) is 0 Å². The van der Waals surface area contributed by atoms with Gasteiger partial charge in [-0.1, -0.05) is 203 Å². The summed E-state index contributed by atoms with van der Waals surface area (Å²) in [7, 11) is 0. The monoisotopic (exact) mass is 1470 g/mol. The molecule has 90 heavy (non-hydrogen) atoms. The molecular formula is C72H112O16Sn2. The molecule has 16 nitrogen and oxygen atoms in total. The Morgan fingerprint density at radius 1 is 0.322 bits per heavy atom. The summed E-state index contributed by atoms with van der Waals surface area (Å²) in [5.74, 6) is -10.7. The van der Waals surface area contributed by atoms with E-state index < -0.39 is 47.8 Å². The second-order valence-electron chi connectivity index (χ2n) is 22.0. The minimum Gasteiger partial charge on any atom is -0.545 e. The SMILES string of the molecule is CCCCCCCCCCCCCC(=CC(=O)O)C(=O)O.CCCCCCCCCCCCCC(=CC(=O)O)C(=O)O.CCC[CH2][Sn+2][CH2]CCC.CCC[CH2][Sn+2][CH2]CCC.O=C([O-])C=C(Cc1ccccc1)C(=O)[O-].O=C([O-])C=C(Cc1ccccc1)C(=O)[O-]. The van der Waals surface area contributed by atoms with Crippen molar-refractivity contribution in [1.29, 1.82) is 0 Å².